The van der Waals surface area contributed by atoms with E-state index in [0.717, 1.165) is 0 Å². The SMILES string of the molecule is CCC[CH2][Zn+2][CH2]CCC.CCC[CH2][Zn+2][CH2]CCC.O=C([O-])/C=C\C(=O)[O-].O=C([O-])/C=C\C(=O)[O-]. The van der Waals surface area contributed by atoms with Crippen molar-refractivity contribution < 1.29 is 73.9 Å². The fraction of sp³-hybridized carbons (Fsp3) is 0.667. The first-order chi connectivity index (χ1) is 16.1. The molecule has 8 nitrogen and oxygen atoms in total. The molecule has 188 valence electrons. The molecule has 0 unspecified atom stereocenters. The number of aliphatic carboxylic acids is 4. The predicted octanol–water partition coefficient (Wildman–Crippen LogP) is 1.10. The Balaban J connectivity index is -0.000000177. The predicted molar refractivity (Wildman–Crippen MR) is 117 cm³/mol. The third-order valence-electron chi connectivity index (χ3n) is 4.13. The van der Waals surface area contributed by atoms with Gasteiger partial charge >= 0.3 is 133 Å². The molecule has 0 aliphatic heterocycles. The molecule has 0 aliphatic rings. The third-order valence-corrected chi connectivity index (χ3v) is 12.5. The number of carboxylic acid groups (broad SMARTS) is 4. The standard InChI is InChI=1S/2C4H4O4.4C4H9.2Zn/c2*5-3(6)1-2-4(7)8;4*1-3-4-2;;/h2*1-2H,(H,5,6)(H,7,8);4*1,3-4H2,2H3;;/q;;;;;;2*+2/p-4/b2*2-1-;;;;;;. The molecule has 0 aromatic rings. The smallest absolute Gasteiger partial charge is 0.0643 e. The van der Waals surface area contributed by atoms with Crippen LogP contribution in [0.5, 0.6) is 0 Å². The van der Waals surface area contributed by atoms with Gasteiger partial charge in [0.25, 0.3) is 0 Å². The van der Waals surface area contributed by atoms with Gasteiger partial charge in [-0.3, -0.25) is 0 Å². The zero-order valence-electron chi connectivity index (χ0n) is 21.5. The van der Waals surface area contributed by atoms with Crippen LogP contribution in [0, 0.1) is 0 Å². The van der Waals surface area contributed by atoms with E-state index in [-0.39, 0.29) is 34.3 Å². The molecule has 0 fully saturated rings. The number of carboxylic acids is 4. The molecule has 0 heterocycles. The molecular weight excluding hydrogens is 547 g/mol. The minimum atomic E-state index is -1.55. The van der Waals surface area contributed by atoms with Crippen LogP contribution in [0.2, 0.25) is 20.1 Å². The average Bonchev–Trinajstić information content (AvgIpc) is 2.77. The Labute approximate surface area is 220 Å². The van der Waals surface area contributed by atoms with Crippen molar-refractivity contribution in [1.82, 2.24) is 0 Å². The summed E-state index contributed by atoms with van der Waals surface area (Å²) in [7, 11) is 0. The molecule has 0 aliphatic carbocycles. The zero-order valence-corrected chi connectivity index (χ0v) is 27.4. The molecule has 0 atom stereocenters. The summed E-state index contributed by atoms with van der Waals surface area (Å²) < 4.78 is 0. The number of hydrogen-bond donors (Lipinski definition) is 0. The van der Waals surface area contributed by atoms with Gasteiger partial charge < -0.3 is 39.6 Å². The van der Waals surface area contributed by atoms with Gasteiger partial charge in [-0.25, -0.2) is 0 Å². The van der Waals surface area contributed by atoms with E-state index < -0.39 is 23.9 Å². The molecule has 10 heteroatoms. The van der Waals surface area contributed by atoms with Crippen LogP contribution in [0.1, 0.15) is 79.1 Å². The first kappa shape index (κ1) is 39.8. The third kappa shape index (κ3) is 63.2. The van der Waals surface area contributed by atoms with E-state index in [4.69, 9.17) is 0 Å². The van der Waals surface area contributed by atoms with Crippen LogP contribution in [-0.4, -0.2) is 23.9 Å². The Morgan fingerprint density at radius 3 is 0.765 bits per heavy atom. The van der Waals surface area contributed by atoms with Crippen molar-refractivity contribution in [1.29, 1.82) is 0 Å². The van der Waals surface area contributed by atoms with Crippen LogP contribution < -0.4 is 20.4 Å². The van der Waals surface area contributed by atoms with Crippen LogP contribution in [0.4, 0.5) is 0 Å². The molecule has 0 radical (unpaired) electrons. The molecule has 0 aromatic carbocycles. The summed E-state index contributed by atoms with van der Waals surface area (Å²) in [6, 6.07) is 0. The second-order valence-electron chi connectivity index (χ2n) is 7.48. The van der Waals surface area contributed by atoms with E-state index in [0.29, 0.717) is 24.3 Å². The quantitative estimate of drug-likeness (QED) is 0.147. The van der Waals surface area contributed by atoms with Crippen molar-refractivity contribution in [3.63, 3.8) is 0 Å². The largest absolute Gasteiger partial charge is 0.545 e. The molecular formula is C24H40O8Zn2. The van der Waals surface area contributed by atoms with Gasteiger partial charge in [0.05, 0.1) is 23.9 Å². The summed E-state index contributed by atoms with van der Waals surface area (Å²) >= 11 is 0.0292. The summed E-state index contributed by atoms with van der Waals surface area (Å²) in [5.74, 6) is -6.19. The Hall–Kier alpha value is -1.39. The maximum atomic E-state index is 9.41. The Morgan fingerprint density at radius 2 is 0.647 bits per heavy atom. The molecule has 0 aromatic heterocycles. The summed E-state index contributed by atoms with van der Waals surface area (Å²) in [5.41, 5.74) is 0. The van der Waals surface area contributed by atoms with Gasteiger partial charge in [0.2, 0.25) is 0 Å². The fourth-order valence-corrected chi connectivity index (χ4v) is 11.0. The molecule has 0 N–H and O–H groups in total. The maximum Gasteiger partial charge on any atom is 0.0643 e. The van der Waals surface area contributed by atoms with Crippen molar-refractivity contribution in [2.24, 2.45) is 0 Å². The van der Waals surface area contributed by atoms with Gasteiger partial charge in [-0.15, -0.1) is 0 Å². The molecule has 34 heavy (non-hydrogen) atoms. The molecule has 0 spiro atoms. The summed E-state index contributed by atoms with van der Waals surface area (Å²) in [6.07, 6.45) is 13.3. The molecule has 0 saturated heterocycles. The topological polar surface area (TPSA) is 161 Å². The van der Waals surface area contributed by atoms with E-state index >= 15 is 0 Å². The number of carbonyl (C=O) groups excluding carboxylic acids is 4. The minimum Gasteiger partial charge on any atom is -0.545 e. The van der Waals surface area contributed by atoms with Crippen molar-refractivity contribution in [3.05, 3.63) is 24.3 Å². The van der Waals surface area contributed by atoms with E-state index in [2.05, 4.69) is 27.7 Å². The maximum absolute atomic E-state index is 9.41. The minimum absolute atomic E-state index is 0.0146. The Bertz CT molecular complexity index is 457. The Morgan fingerprint density at radius 1 is 0.471 bits per heavy atom. The van der Waals surface area contributed by atoms with Crippen LogP contribution in [-0.2, 0) is 53.4 Å². The van der Waals surface area contributed by atoms with Gasteiger partial charge in [-0.05, 0) is 24.3 Å². The molecule has 0 saturated carbocycles. The summed E-state index contributed by atoms with van der Waals surface area (Å²) in [5, 5.41) is 44.2. The van der Waals surface area contributed by atoms with Gasteiger partial charge in [-0.2, -0.15) is 0 Å². The van der Waals surface area contributed by atoms with Crippen molar-refractivity contribution in [3.8, 4) is 0 Å². The van der Waals surface area contributed by atoms with Gasteiger partial charge in [0.1, 0.15) is 0 Å². The summed E-state index contributed by atoms with van der Waals surface area (Å²) in [6.45, 7) is 9.17. The second kappa shape index (κ2) is 36.2. The monoisotopic (exact) mass is 584 g/mol. The molecule has 0 rings (SSSR count). The van der Waals surface area contributed by atoms with Crippen LogP contribution >= 0.6 is 0 Å². The van der Waals surface area contributed by atoms with Crippen LogP contribution in [0.25, 0.3) is 0 Å². The first-order valence-corrected chi connectivity index (χ1v) is 20.7. The van der Waals surface area contributed by atoms with E-state index in [1.165, 1.54) is 51.4 Å². The van der Waals surface area contributed by atoms with Crippen molar-refractivity contribution in [2.75, 3.05) is 0 Å². The van der Waals surface area contributed by atoms with E-state index in [1.807, 2.05) is 0 Å². The zero-order chi connectivity index (χ0) is 27.0. The number of unbranched alkanes of at least 4 members (excludes halogenated alkanes) is 4. The van der Waals surface area contributed by atoms with Crippen molar-refractivity contribution >= 4 is 23.9 Å². The summed E-state index contributed by atoms with van der Waals surface area (Å²) in [4.78, 5) is 37.7. The van der Waals surface area contributed by atoms with E-state index in [1.54, 1.807) is 20.1 Å². The van der Waals surface area contributed by atoms with Crippen LogP contribution in [0.15, 0.2) is 24.3 Å². The molecule has 0 amide bonds. The average molecular weight is 587 g/mol. The van der Waals surface area contributed by atoms with Gasteiger partial charge in [-0.1, -0.05) is 0 Å². The van der Waals surface area contributed by atoms with Gasteiger partial charge in [0, 0.05) is 0 Å². The van der Waals surface area contributed by atoms with Crippen molar-refractivity contribution in [2.45, 2.75) is 99.1 Å². The van der Waals surface area contributed by atoms with Crippen LogP contribution in [0.3, 0.4) is 0 Å². The normalized spacial score (nSPS) is 10.0. The number of carbonyl (C=O) groups is 4. The van der Waals surface area contributed by atoms with Gasteiger partial charge in [0.15, 0.2) is 0 Å². The first-order valence-electron chi connectivity index (χ1n) is 12.3. The fourth-order valence-electron chi connectivity index (χ4n) is 2.33. The second-order valence-corrected chi connectivity index (χ2v) is 16.4. The number of rotatable bonds is 16. The Kier molecular flexibility index (Phi) is 42.4. The molecule has 0 bridgehead atoms. The van der Waals surface area contributed by atoms with E-state index in [9.17, 15) is 39.6 Å². The number of hydrogen-bond acceptors (Lipinski definition) is 8.